The molecule has 2 aromatic carbocycles. The van der Waals surface area contributed by atoms with Gasteiger partial charge in [-0.1, -0.05) is 20.8 Å². The minimum Gasteiger partial charge on any atom is -0.391 e. The lowest BCUT2D eigenvalue weighted by Gasteiger charge is -2.37. The molecular formula is C32H43F2N3O5. The smallest absolute Gasteiger partial charge is 0.253 e. The summed E-state index contributed by atoms with van der Waals surface area (Å²) in [6.45, 7) is 10.1. The summed E-state index contributed by atoms with van der Waals surface area (Å²) in [6, 6.07) is 8.11. The van der Waals surface area contributed by atoms with Crippen molar-refractivity contribution >= 4 is 17.7 Å². The van der Waals surface area contributed by atoms with E-state index >= 15 is 0 Å². The standard InChI is InChI=1S/C32H43F2N3O5/c1-5-7-36(8-6-2)30(40)25-14-22(3)13-24(17-25)29(39)35-21-28(38)20-32(4,31(41)37-9-11-42-12-10-37)19-23-15-26(33)18-27(34)16-23/h13-18,28,38H,5-12,19-21H2,1-4H3,(H,35,39)/t28-,32+/m0/s1. The van der Waals surface area contributed by atoms with E-state index in [1.165, 1.54) is 12.1 Å². The highest BCUT2D eigenvalue weighted by atomic mass is 19.1. The van der Waals surface area contributed by atoms with Crippen LogP contribution >= 0.6 is 0 Å². The second-order valence-electron chi connectivity index (χ2n) is 11.4. The number of carbonyl (C=O) groups excluding carboxylic acids is 3. The molecule has 1 heterocycles. The van der Waals surface area contributed by atoms with Crippen molar-refractivity contribution < 1.29 is 33.0 Å². The van der Waals surface area contributed by atoms with E-state index in [1.54, 1.807) is 34.9 Å². The van der Waals surface area contributed by atoms with Crippen molar-refractivity contribution in [3.8, 4) is 0 Å². The third-order valence-corrected chi connectivity index (χ3v) is 7.38. The number of carbonyl (C=O) groups is 3. The summed E-state index contributed by atoms with van der Waals surface area (Å²) in [7, 11) is 0. The molecule has 0 aromatic heterocycles. The molecule has 0 aliphatic carbocycles. The number of ether oxygens (including phenoxy) is 1. The summed E-state index contributed by atoms with van der Waals surface area (Å²) in [6.07, 6.45) is 0.464. The Morgan fingerprint density at radius 1 is 1.00 bits per heavy atom. The van der Waals surface area contributed by atoms with Crippen LogP contribution in [-0.4, -0.2) is 84.7 Å². The maximum absolute atomic E-state index is 13.9. The zero-order chi connectivity index (χ0) is 30.9. The number of benzene rings is 2. The highest BCUT2D eigenvalue weighted by Crippen LogP contribution is 2.32. The molecule has 2 aromatic rings. The molecule has 0 saturated carbocycles. The van der Waals surface area contributed by atoms with Gasteiger partial charge in [0.1, 0.15) is 11.6 Å². The molecule has 3 rings (SSSR count). The Bertz CT molecular complexity index is 1220. The van der Waals surface area contributed by atoms with Crippen LogP contribution in [0.1, 0.15) is 71.9 Å². The van der Waals surface area contributed by atoms with Gasteiger partial charge in [0.05, 0.1) is 24.7 Å². The quantitative estimate of drug-likeness (QED) is 0.367. The van der Waals surface area contributed by atoms with Gasteiger partial charge in [-0.05, 0) is 74.1 Å². The van der Waals surface area contributed by atoms with Crippen LogP contribution in [0.2, 0.25) is 0 Å². The Kier molecular flexibility index (Phi) is 12.0. The fourth-order valence-corrected chi connectivity index (χ4v) is 5.53. The third-order valence-electron chi connectivity index (χ3n) is 7.38. The number of nitrogens with zero attached hydrogens (tertiary/aromatic N) is 2. The van der Waals surface area contributed by atoms with Crippen LogP contribution in [0.5, 0.6) is 0 Å². The summed E-state index contributed by atoms with van der Waals surface area (Å²) < 4.78 is 33.3. The molecule has 2 N–H and O–H groups in total. The van der Waals surface area contributed by atoms with Gasteiger partial charge in [-0.15, -0.1) is 0 Å². The summed E-state index contributed by atoms with van der Waals surface area (Å²) in [5.41, 5.74) is 0.567. The van der Waals surface area contributed by atoms with Gasteiger partial charge >= 0.3 is 0 Å². The topological polar surface area (TPSA) is 99.2 Å². The highest BCUT2D eigenvalue weighted by Gasteiger charge is 2.39. The number of nitrogens with one attached hydrogen (secondary N) is 1. The molecule has 1 fully saturated rings. The number of aliphatic hydroxyl groups is 1. The number of amides is 3. The second kappa shape index (κ2) is 15.2. The van der Waals surface area contributed by atoms with Gasteiger partial charge in [-0.3, -0.25) is 14.4 Å². The Morgan fingerprint density at radius 2 is 1.60 bits per heavy atom. The van der Waals surface area contributed by atoms with E-state index in [-0.39, 0.29) is 31.2 Å². The second-order valence-corrected chi connectivity index (χ2v) is 11.4. The lowest BCUT2D eigenvalue weighted by molar-refractivity contribution is -0.147. The van der Waals surface area contributed by atoms with Crippen LogP contribution in [0, 0.1) is 24.0 Å². The van der Waals surface area contributed by atoms with Crippen LogP contribution < -0.4 is 5.32 Å². The SMILES string of the molecule is CCCN(CCC)C(=O)c1cc(C)cc(C(=O)NC[C@@H](O)C[C@@](C)(Cc2cc(F)cc(F)c2)C(=O)N2CCOCC2)c1. The Balaban J connectivity index is 1.74. The van der Waals surface area contributed by atoms with Crippen molar-refractivity contribution in [2.75, 3.05) is 45.9 Å². The van der Waals surface area contributed by atoms with E-state index in [4.69, 9.17) is 4.74 Å². The number of halogens is 2. The molecule has 1 saturated heterocycles. The van der Waals surface area contributed by atoms with Crippen molar-refractivity contribution in [3.63, 3.8) is 0 Å². The lowest BCUT2D eigenvalue weighted by Crippen LogP contribution is -2.50. The number of hydrogen-bond donors (Lipinski definition) is 2. The van der Waals surface area contributed by atoms with E-state index in [2.05, 4.69) is 5.32 Å². The molecule has 2 atom stereocenters. The molecule has 8 nitrogen and oxygen atoms in total. The molecule has 1 aliphatic rings. The van der Waals surface area contributed by atoms with Crippen LogP contribution in [-0.2, 0) is 16.0 Å². The van der Waals surface area contributed by atoms with Gasteiger partial charge in [-0.2, -0.15) is 0 Å². The molecule has 0 radical (unpaired) electrons. The van der Waals surface area contributed by atoms with Gasteiger partial charge in [0.25, 0.3) is 11.8 Å². The first-order valence-electron chi connectivity index (χ1n) is 14.6. The monoisotopic (exact) mass is 587 g/mol. The number of morpholine rings is 1. The molecule has 230 valence electrons. The molecular weight excluding hydrogens is 544 g/mol. The van der Waals surface area contributed by atoms with Gasteiger partial charge < -0.3 is 25.0 Å². The summed E-state index contributed by atoms with van der Waals surface area (Å²) in [4.78, 5) is 43.2. The van der Waals surface area contributed by atoms with Gasteiger partial charge in [0, 0.05) is 49.9 Å². The predicted octanol–water partition coefficient (Wildman–Crippen LogP) is 4.12. The van der Waals surface area contributed by atoms with Crippen molar-refractivity contribution in [2.24, 2.45) is 5.41 Å². The fraction of sp³-hybridized carbons (Fsp3) is 0.531. The lowest BCUT2D eigenvalue weighted by atomic mass is 9.77. The zero-order valence-electron chi connectivity index (χ0n) is 25.1. The molecule has 0 spiro atoms. The molecule has 10 heteroatoms. The van der Waals surface area contributed by atoms with Crippen LogP contribution in [0.25, 0.3) is 0 Å². The summed E-state index contributed by atoms with van der Waals surface area (Å²) in [5.74, 6) is -2.35. The normalized spacial score (nSPS) is 15.5. The van der Waals surface area contributed by atoms with E-state index in [1.807, 2.05) is 20.8 Å². The van der Waals surface area contributed by atoms with Crippen molar-refractivity contribution in [1.82, 2.24) is 15.1 Å². The molecule has 42 heavy (non-hydrogen) atoms. The minimum absolute atomic E-state index is 0.00174. The number of rotatable bonds is 13. The average molecular weight is 588 g/mol. The van der Waals surface area contributed by atoms with E-state index in [9.17, 15) is 28.3 Å². The highest BCUT2D eigenvalue weighted by molar-refractivity contribution is 6.00. The number of aryl methyl sites for hydroxylation is 1. The predicted molar refractivity (Wildman–Crippen MR) is 156 cm³/mol. The van der Waals surface area contributed by atoms with Gasteiger partial charge in [0.2, 0.25) is 5.91 Å². The van der Waals surface area contributed by atoms with Gasteiger partial charge in [0.15, 0.2) is 0 Å². The van der Waals surface area contributed by atoms with E-state index in [0.717, 1.165) is 24.5 Å². The van der Waals surface area contributed by atoms with Crippen LogP contribution in [0.3, 0.4) is 0 Å². The molecule has 0 bridgehead atoms. The Hall–Kier alpha value is -3.37. The minimum atomic E-state index is -1.20. The summed E-state index contributed by atoms with van der Waals surface area (Å²) in [5, 5.41) is 13.7. The molecule has 0 unspecified atom stereocenters. The largest absolute Gasteiger partial charge is 0.391 e. The van der Waals surface area contributed by atoms with Crippen LogP contribution in [0.4, 0.5) is 8.78 Å². The third kappa shape index (κ3) is 9.06. The first kappa shape index (κ1) is 33.1. The first-order valence-corrected chi connectivity index (χ1v) is 14.6. The van der Waals surface area contributed by atoms with E-state index in [0.29, 0.717) is 56.1 Å². The van der Waals surface area contributed by atoms with Crippen LogP contribution in [0.15, 0.2) is 36.4 Å². The van der Waals surface area contributed by atoms with Crippen molar-refractivity contribution in [3.05, 3.63) is 70.3 Å². The maximum atomic E-state index is 13.9. The first-order chi connectivity index (χ1) is 19.9. The number of aliphatic hydroxyl groups excluding tert-OH is 1. The number of hydrogen-bond acceptors (Lipinski definition) is 5. The van der Waals surface area contributed by atoms with Crippen molar-refractivity contribution in [1.29, 1.82) is 0 Å². The Morgan fingerprint density at radius 3 is 2.19 bits per heavy atom. The zero-order valence-corrected chi connectivity index (χ0v) is 25.1. The maximum Gasteiger partial charge on any atom is 0.253 e. The Labute approximate surface area is 247 Å². The molecule has 3 amide bonds. The average Bonchev–Trinajstić information content (AvgIpc) is 2.94. The molecule has 1 aliphatic heterocycles. The van der Waals surface area contributed by atoms with Gasteiger partial charge in [-0.25, -0.2) is 8.78 Å². The van der Waals surface area contributed by atoms with Crippen molar-refractivity contribution in [2.45, 2.75) is 59.5 Å². The van der Waals surface area contributed by atoms with E-state index < -0.39 is 29.1 Å². The summed E-state index contributed by atoms with van der Waals surface area (Å²) >= 11 is 0. The fourth-order valence-electron chi connectivity index (χ4n) is 5.53.